The first-order valence-corrected chi connectivity index (χ1v) is 10.8. The molecular formula is C19H18ClN9S. The van der Waals surface area contributed by atoms with E-state index < -0.39 is 0 Å². The minimum absolute atomic E-state index is 0.121. The van der Waals surface area contributed by atoms with E-state index in [2.05, 4.69) is 26.0 Å². The highest BCUT2D eigenvalue weighted by molar-refractivity contribution is 7.99. The quantitative estimate of drug-likeness (QED) is 0.465. The predicted molar refractivity (Wildman–Crippen MR) is 115 cm³/mol. The maximum Gasteiger partial charge on any atom is 0.196 e. The molecule has 1 fully saturated rings. The molecule has 0 aromatic carbocycles. The third kappa shape index (κ3) is 3.15. The van der Waals surface area contributed by atoms with E-state index >= 15 is 0 Å². The Balaban J connectivity index is 1.58. The molecule has 0 radical (unpaired) electrons. The van der Waals surface area contributed by atoms with Crippen molar-refractivity contribution in [3.63, 3.8) is 0 Å². The van der Waals surface area contributed by atoms with Crippen molar-refractivity contribution >= 4 is 45.9 Å². The minimum atomic E-state index is 0.121. The average Bonchev–Trinajstić information content (AvgIpc) is 3.44. The van der Waals surface area contributed by atoms with Crippen molar-refractivity contribution in [3.05, 3.63) is 34.9 Å². The molecular weight excluding hydrogens is 422 g/mol. The molecule has 9 nitrogen and oxygen atoms in total. The zero-order valence-corrected chi connectivity index (χ0v) is 17.7. The molecule has 11 heteroatoms. The summed E-state index contributed by atoms with van der Waals surface area (Å²) in [6, 6.07) is 2.21. The van der Waals surface area contributed by atoms with Crippen LogP contribution in [-0.4, -0.2) is 48.7 Å². The first-order valence-electron chi connectivity index (χ1n) is 9.57. The summed E-state index contributed by atoms with van der Waals surface area (Å²) in [5, 5.41) is 15.4. The van der Waals surface area contributed by atoms with Crippen LogP contribution in [0, 0.1) is 11.3 Å². The van der Waals surface area contributed by atoms with E-state index in [1.165, 1.54) is 18.0 Å². The van der Waals surface area contributed by atoms with Crippen LogP contribution in [0.1, 0.15) is 24.6 Å². The number of anilines is 1. The molecule has 1 aliphatic rings. The molecule has 4 aromatic heterocycles. The number of fused-ring (bicyclic) bond motifs is 2. The number of aromatic nitrogens is 6. The summed E-state index contributed by atoms with van der Waals surface area (Å²) in [7, 11) is 0. The number of nitrogens with one attached hydrogen (secondary N) is 1. The van der Waals surface area contributed by atoms with E-state index in [0.717, 1.165) is 47.7 Å². The fourth-order valence-corrected chi connectivity index (χ4v) is 4.76. The number of nitriles is 1. The zero-order valence-electron chi connectivity index (χ0n) is 16.1. The van der Waals surface area contributed by atoms with Crippen LogP contribution in [0.15, 0.2) is 28.6 Å². The smallest absolute Gasteiger partial charge is 0.196 e. The van der Waals surface area contributed by atoms with Crippen LogP contribution >= 0.6 is 23.4 Å². The molecule has 0 aliphatic carbocycles. The van der Waals surface area contributed by atoms with Crippen molar-refractivity contribution < 1.29 is 0 Å². The van der Waals surface area contributed by atoms with Crippen molar-refractivity contribution in [2.75, 3.05) is 18.0 Å². The van der Waals surface area contributed by atoms with Gasteiger partial charge in [0.1, 0.15) is 23.1 Å². The molecule has 0 bridgehead atoms. The van der Waals surface area contributed by atoms with Gasteiger partial charge in [-0.1, -0.05) is 18.5 Å². The van der Waals surface area contributed by atoms with Gasteiger partial charge in [-0.15, -0.1) is 0 Å². The topological polar surface area (TPSA) is 125 Å². The number of H-pyrrole nitrogens is 1. The van der Waals surface area contributed by atoms with Gasteiger partial charge >= 0.3 is 0 Å². The maximum atomic E-state index is 9.13. The van der Waals surface area contributed by atoms with Gasteiger partial charge in [0, 0.05) is 37.2 Å². The SMILES string of the molecule is CCc1[nH]c2nc(Sc3cnc4c(C#N)cnn4c3)nc(N3CC[C@@H](N)C3)c2c1Cl. The van der Waals surface area contributed by atoms with Crippen LogP contribution in [0.3, 0.4) is 0 Å². The molecule has 0 saturated carbocycles. The summed E-state index contributed by atoms with van der Waals surface area (Å²) in [5.74, 6) is 0.802. The monoisotopic (exact) mass is 439 g/mol. The van der Waals surface area contributed by atoms with Gasteiger partial charge < -0.3 is 15.6 Å². The Labute approximate surface area is 181 Å². The van der Waals surface area contributed by atoms with E-state index in [1.54, 1.807) is 10.7 Å². The molecule has 5 heterocycles. The highest BCUT2D eigenvalue weighted by atomic mass is 35.5. The molecule has 30 heavy (non-hydrogen) atoms. The summed E-state index contributed by atoms with van der Waals surface area (Å²) in [6.45, 7) is 3.61. The molecule has 1 aliphatic heterocycles. The van der Waals surface area contributed by atoms with Crippen LogP contribution in [0.4, 0.5) is 5.82 Å². The van der Waals surface area contributed by atoms with Crippen molar-refractivity contribution in [2.45, 2.75) is 35.9 Å². The van der Waals surface area contributed by atoms with Crippen molar-refractivity contribution in [3.8, 4) is 6.07 Å². The van der Waals surface area contributed by atoms with E-state index in [1.807, 2.05) is 13.1 Å². The molecule has 1 saturated heterocycles. The van der Waals surface area contributed by atoms with Crippen LogP contribution in [0.5, 0.6) is 0 Å². The summed E-state index contributed by atoms with van der Waals surface area (Å²) in [6.07, 6.45) is 6.70. The maximum absolute atomic E-state index is 9.13. The number of halogens is 1. The lowest BCUT2D eigenvalue weighted by Crippen LogP contribution is -2.27. The average molecular weight is 440 g/mol. The second kappa shape index (κ2) is 7.43. The summed E-state index contributed by atoms with van der Waals surface area (Å²) in [5.41, 5.74) is 8.74. The first kappa shape index (κ1) is 19.1. The normalized spacial score (nSPS) is 16.6. The number of nitrogens with zero attached hydrogens (tertiary/aromatic N) is 7. The van der Waals surface area contributed by atoms with Gasteiger partial charge in [0.05, 0.1) is 21.5 Å². The third-order valence-electron chi connectivity index (χ3n) is 5.16. The Bertz CT molecular complexity index is 1310. The van der Waals surface area contributed by atoms with Gasteiger partial charge in [0.15, 0.2) is 10.8 Å². The van der Waals surface area contributed by atoms with Crippen LogP contribution in [-0.2, 0) is 6.42 Å². The third-order valence-corrected chi connectivity index (χ3v) is 6.39. The molecule has 0 spiro atoms. The predicted octanol–water partition coefficient (Wildman–Crippen LogP) is 2.78. The number of rotatable bonds is 4. The fraction of sp³-hybridized carbons (Fsp3) is 0.316. The van der Waals surface area contributed by atoms with Crippen molar-refractivity contribution in [1.82, 2.24) is 29.5 Å². The van der Waals surface area contributed by atoms with Crippen LogP contribution in [0.2, 0.25) is 5.02 Å². The van der Waals surface area contributed by atoms with Gasteiger partial charge in [-0.2, -0.15) is 10.4 Å². The molecule has 3 N–H and O–H groups in total. The summed E-state index contributed by atoms with van der Waals surface area (Å²) in [4.78, 5) is 20.2. The highest BCUT2D eigenvalue weighted by Crippen LogP contribution is 2.37. The Hall–Kier alpha value is -2.87. The van der Waals surface area contributed by atoms with Crippen LogP contribution in [0.25, 0.3) is 16.7 Å². The Kier molecular flexibility index (Phi) is 4.73. The summed E-state index contributed by atoms with van der Waals surface area (Å²) >= 11 is 8.03. The Morgan fingerprint density at radius 2 is 2.27 bits per heavy atom. The molecule has 1 atom stereocenters. The standard InChI is InChI=1S/C19H18ClN9S/c1-2-13-15(20)14-16(25-13)26-19(27-18(14)28-4-3-11(22)8-28)30-12-7-23-17-10(5-21)6-24-29(17)9-12/h6-7,9,11H,2-4,8,22H2,1H3,(H,25,26,27)/t11-/m1/s1. The van der Waals surface area contributed by atoms with Gasteiger partial charge in [0.25, 0.3) is 0 Å². The molecule has 0 amide bonds. The van der Waals surface area contributed by atoms with E-state index in [-0.39, 0.29) is 6.04 Å². The van der Waals surface area contributed by atoms with Crippen molar-refractivity contribution in [2.24, 2.45) is 5.73 Å². The number of hydrogen-bond acceptors (Lipinski definition) is 8. The number of hydrogen-bond donors (Lipinski definition) is 2. The van der Waals surface area contributed by atoms with Gasteiger partial charge in [0.2, 0.25) is 0 Å². The van der Waals surface area contributed by atoms with Gasteiger partial charge in [-0.25, -0.2) is 19.5 Å². The summed E-state index contributed by atoms with van der Waals surface area (Å²) < 4.78 is 1.58. The number of aryl methyl sites for hydroxylation is 1. The number of nitrogens with two attached hydrogens (primary N) is 1. The Morgan fingerprint density at radius 3 is 3.00 bits per heavy atom. The number of aromatic amines is 1. The lowest BCUT2D eigenvalue weighted by atomic mass is 10.3. The molecule has 4 aromatic rings. The van der Waals surface area contributed by atoms with E-state index in [4.69, 9.17) is 32.6 Å². The second-order valence-corrected chi connectivity index (χ2v) is 8.57. The lowest BCUT2D eigenvalue weighted by Gasteiger charge is -2.18. The molecule has 0 unspecified atom stereocenters. The minimum Gasteiger partial charge on any atom is -0.354 e. The fourth-order valence-electron chi connectivity index (χ4n) is 3.66. The van der Waals surface area contributed by atoms with Gasteiger partial charge in [-0.3, -0.25) is 0 Å². The lowest BCUT2D eigenvalue weighted by molar-refractivity contribution is 0.751. The highest BCUT2D eigenvalue weighted by Gasteiger charge is 2.26. The second-order valence-electron chi connectivity index (χ2n) is 7.15. The molecule has 152 valence electrons. The Morgan fingerprint density at radius 1 is 1.40 bits per heavy atom. The van der Waals surface area contributed by atoms with Gasteiger partial charge in [-0.05, 0) is 24.6 Å². The van der Waals surface area contributed by atoms with E-state index in [0.29, 0.717) is 27.0 Å². The zero-order chi connectivity index (χ0) is 20.8. The van der Waals surface area contributed by atoms with Crippen molar-refractivity contribution in [1.29, 1.82) is 5.26 Å². The van der Waals surface area contributed by atoms with E-state index in [9.17, 15) is 0 Å². The molecule has 5 rings (SSSR count). The van der Waals surface area contributed by atoms with Crippen LogP contribution < -0.4 is 10.6 Å². The largest absolute Gasteiger partial charge is 0.354 e. The first-order chi connectivity index (χ1) is 14.6.